The van der Waals surface area contributed by atoms with Crippen LogP contribution in [0.2, 0.25) is 0 Å². The highest BCUT2D eigenvalue weighted by Crippen LogP contribution is 2.25. The van der Waals surface area contributed by atoms with Crippen LogP contribution in [0.3, 0.4) is 0 Å². The Morgan fingerprint density at radius 1 is 0.861 bits per heavy atom. The summed E-state index contributed by atoms with van der Waals surface area (Å²) in [5, 5.41) is 16.7. The number of nitrogens with one attached hydrogen (secondary N) is 1. The van der Waals surface area contributed by atoms with E-state index in [1.54, 1.807) is 11.6 Å². The Hall–Kier alpha value is -4.17. The smallest absolute Gasteiger partial charge is 0.230 e. The first-order valence-corrected chi connectivity index (χ1v) is 12.6. The van der Waals surface area contributed by atoms with E-state index in [4.69, 9.17) is 9.84 Å². The third kappa shape index (κ3) is 5.39. The molecule has 0 aliphatic heterocycles. The van der Waals surface area contributed by atoms with E-state index in [0.29, 0.717) is 23.8 Å². The van der Waals surface area contributed by atoms with E-state index in [2.05, 4.69) is 51.9 Å². The van der Waals surface area contributed by atoms with Gasteiger partial charge in [0.05, 0.1) is 18.6 Å². The number of carbonyl (C=O) groups is 1. The Balaban J connectivity index is 1.22. The summed E-state index contributed by atoms with van der Waals surface area (Å²) in [6, 6.07) is 30.2. The lowest BCUT2D eigenvalue weighted by molar-refractivity contribution is -0.118. The van der Waals surface area contributed by atoms with E-state index in [0.717, 1.165) is 28.1 Å². The van der Waals surface area contributed by atoms with Gasteiger partial charge in [-0.15, -0.1) is 10.2 Å². The number of carbonyl (C=O) groups excluding carboxylic acids is 1. The van der Waals surface area contributed by atoms with Gasteiger partial charge in [0.25, 0.3) is 0 Å². The number of nitrogens with zero attached hydrogens (tertiary/aromatic N) is 4. The van der Waals surface area contributed by atoms with Crippen molar-refractivity contribution in [2.75, 3.05) is 19.4 Å². The van der Waals surface area contributed by atoms with Crippen LogP contribution in [0.1, 0.15) is 5.56 Å². The highest BCUT2D eigenvalue weighted by Gasteiger charge is 2.12. The average molecular weight is 496 g/mol. The van der Waals surface area contributed by atoms with E-state index in [-0.39, 0.29) is 11.7 Å². The molecule has 180 valence electrons. The third-order valence-corrected chi connectivity index (χ3v) is 6.68. The quantitative estimate of drug-likeness (QED) is 0.293. The minimum absolute atomic E-state index is 0.0701. The summed E-state index contributed by atoms with van der Waals surface area (Å²) < 4.78 is 7.05. The molecule has 0 unspecified atom stereocenters. The molecule has 5 aromatic rings. The van der Waals surface area contributed by atoms with Crippen molar-refractivity contribution < 1.29 is 9.53 Å². The van der Waals surface area contributed by atoms with Crippen LogP contribution in [0.25, 0.3) is 28.0 Å². The molecule has 5 rings (SSSR count). The first-order chi connectivity index (χ1) is 17.7. The fourth-order valence-corrected chi connectivity index (χ4v) is 4.62. The number of hydrogen-bond acceptors (Lipinski definition) is 6. The number of aromatic nitrogens is 4. The zero-order valence-electron chi connectivity index (χ0n) is 19.8. The number of benzene rings is 3. The number of fused-ring (bicyclic) bond motifs is 1. The van der Waals surface area contributed by atoms with E-state index < -0.39 is 0 Å². The van der Waals surface area contributed by atoms with Gasteiger partial charge in [-0.2, -0.15) is 9.61 Å². The molecular formula is C28H25N5O2S. The Morgan fingerprint density at radius 3 is 2.39 bits per heavy atom. The Kier molecular flexibility index (Phi) is 7.23. The van der Waals surface area contributed by atoms with Crippen molar-refractivity contribution in [2.24, 2.45) is 0 Å². The summed E-state index contributed by atoms with van der Waals surface area (Å²) in [5.74, 6) is 0.983. The zero-order chi connectivity index (χ0) is 24.7. The molecule has 0 atom stereocenters. The van der Waals surface area contributed by atoms with Gasteiger partial charge < -0.3 is 10.1 Å². The topological polar surface area (TPSA) is 81.4 Å². The molecule has 36 heavy (non-hydrogen) atoms. The first kappa shape index (κ1) is 23.6. The molecule has 0 aliphatic carbocycles. The minimum Gasteiger partial charge on any atom is -0.496 e. The molecule has 0 saturated heterocycles. The Morgan fingerprint density at radius 2 is 1.58 bits per heavy atom. The second kappa shape index (κ2) is 11.0. The summed E-state index contributed by atoms with van der Waals surface area (Å²) in [7, 11) is 1.65. The van der Waals surface area contributed by atoms with Crippen LogP contribution in [0.4, 0.5) is 0 Å². The molecule has 2 heterocycles. The number of methoxy groups -OCH3 is 1. The molecule has 0 bridgehead atoms. The molecular weight excluding hydrogens is 470 g/mol. The lowest BCUT2D eigenvalue weighted by atomic mass is 10.0. The molecule has 1 amide bonds. The van der Waals surface area contributed by atoms with Crippen LogP contribution in [-0.2, 0) is 11.2 Å². The van der Waals surface area contributed by atoms with Gasteiger partial charge in [-0.1, -0.05) is 84.6 Å². The monoisotopic (exact) mass is 495 g/mol. The number of ether oxygens (including phenoxy) is 1. The van der Waals surface area contributed by atoms with Crippen LogP contribution in [0, 0.1) is 0 Å². The first-order valence-electron chi connectivity index (χ1n) is 11.6. The van der Waals surface area contributed by atoms with E-state index >= 15 is 0 Å². The van der Waals surface area contributed by atoms with Crippen molar-refractivity contribution in [3.05, 3.63) is 96.6 Å². The summed E-state index contributed by atoms with van der Waals surface area (Å²) in [4.78, 5) is 12.4. The number of amides is 1. The summed E-state index contributed by atoms with van der Waals surface area (Å²) >= 11 is 1.31. The average Bonchev–Trinajstić information content (AvgIpc) is 3.35. The van der Waals surface area contributed by atoms with E-state index in [1.807, 2.05) is 54.6 Å². The van der Waals surface area contributed by atoms with Crippen molar-refractivity contribution in [1.82, 2.24) is 25.1 Å². The van der Waals surface area contributed by atoms with Crippen LogP contribution >= 0.6 is 11.8 Å². The highest BCUT2D eigenvalue weighted by atomic mass is 32.2. The Bertz CT molecular complexity index is 1470. The fraction of sp³-hybridized carbons (Fsp3) is 0.143. The SMILES string of the molecule is COc1ccccc1CCNC(=O)CSc1nnc2ccc(-c3ccc(-c4ccccc4)cc3)nn12. The molecule has 7 nitrogen and oxygen atoms in total. The van der Waals surface area contributed by atoms with Crippen molar-refractivity contribution in [3.63, 3.8) is 0 Å². The summed E-state index contributed by atoms with van der Waals surface area (Å²) in [6.45, 7) is 0.529. The summed E-state index contributed by atoms with van der Waals surface area (Å²) in [5.41, 5.74) is 5.83. The van der Waals surface area contributed by atoms with Gasteiger partial charge in [0.15, 0.2) is 5.65 Å². The molecule has 0 radical (unpaired) electrons. The second-order valence-corrected chi connectivity index (χ2v) is 9.06. The van der Waals surface area contributed by atoms with Crippen LogP contribution < -0.4 is 10.1 Å². The normalized spacial score (nSPS) is 10.9. The van der Waals surface area contributed by atoms with Crippen molar-refractivity contribution in [3.8, 4) is 28.1 Å². The maximum atomic E-state index is 12.4. The fourth-order valence-electron chi connectivity index (χ4n) is 3.90. The highest BCUT2D eigenvalue weighted by molar-refractivity contribution is 7.99. The summed E-state index contributed by atoms with van der Waals surface area (Å²) in [6.07, 6.45) is 0.697. The number of thioether (sulfide) groups is 1. The van der Waals surface area contributed by atoms with E-state index in [9.17, 15) is 4.79 Å². The molecule has 1 N–H and O–H groups in total. The van der Waals surface area contributed by atoms with Gasteiger partial charge in [-0.25, -0.2) is 0 Å². The van der Waals surface area contributed by atoms with Crippen LogP contribution in [-0.4, -0.2) is 45.1 Å². The molecule has 0 aliphatic rings. The van der Waals surface area contributed by atoms with Crippen molar-refractivity contribution in [2.45, 2.75) is 11.6 Å². The predicted molar refractivity (Wildman–Crippen MR) is 142 cm³/mol. The molecule has 0 spiro atoms. The number of para-hydroxylation sites is 1. The zero-order valence-corrected chi connectivity index (χ0v) is 20.6. The Labute approximate surface area is 213 Å². The standard InChI is InChI=1S/C28H25N5O2S/c1-35-25-10-6-5-9-23(25)17-18-29-27(34)19-36-28-31-30-26-16-15-24(32-33(26)28)22-13-11-21(12-14-22)20-7-3-2-4-8-20/h2-16H,17-19H2,1H3,(H,29,34). The van der Waals surface area contributed by atoms with Crippen LogP contribution in [0.15, 0.2) is 96.2 Å². The van der Waals surface area contributed by atoms with Gasteiger partial charge in [0.1, 0.15) is 5.75 Å². The van der Waals surface area contributed by atoms with Gasteiger partial charge in [0, 0.05) is 12.1 Å². The largest absolute Gasteiger partial charge is 0.496 e. The molecule has 8 heteroatoms. The van der Waals surface area contributed by atoms with E-state index in [1.165, 1.54) is 17.3 Å². The van der Waals surface area contributed by atoms with Gasteiger partial charge in [-0.05, 0) is 41.3 Å². The lowest BCUT2D eigenvalue weighted by Crippen LogP contribution is -2.27. The third-order valence-electron chi connectivity index (χ3n) is 5.76. The van der Waals surface area contributed by atoms with Gasteiger partial charge in [-0.3, -0.25) is 4.79 Å². The number of rotatable bonds is 9. The van der Waals surface area contributed by atoms with Crippen LogP contribution in [0.5, 0.6) is 5.75 Å². The molecule has 3 aromatic carbocycles. The second-order valence-electron chi connectivity index (χ2n) is 8.12. The maximum Gasteiger partial charge on any atom is 0.230 e. The molecule has 0 fully saturated rings. The number of hydrogen-bond donors (Lipinski definition) is 1. The predicted octanol–water partition coefficient (Wildman–Crippen LogP) is 4.92. The molecule has 0 saturated carbocycles. The lowest BCUT2D eigenvalue weighted by Gasteiger charge is -2.09. The van der Waals surface area contributed by atoms with Crippen molar-refractivity contribution >= 4 is 23.3 Å². The maximum absolute atomic E-state index is 12.4. The molecule has 2 aromatic heterocycles. The van der Waals surface area contributed by atoms with Crippen molar-refractivity contribution in [1.29, 1.82) is 0 Å². The minimum atomic E-state index is -0.0701. The van der Waals surface area contributed by atoms with Gasteiger partial charge >= 0.3 is 0 Å². The van der Waals surface area contributed by atoms with Gasteiger partial charge in [0.2, 0.25) is 11.1 Å².